The van der Waals surface area contributed by atoms with Crippen LogP contribution in [0.2, 0.25) is 0 Å². The zero-order valence-corrected chi connectivity index (χ0v) is 12.1. The molecule has 0 spiro atoms. The highest BCUT2D eigenvalue weighted by atomic mass is 16.5. The predicted molar refractivity (Wildman–Crippen MR) is 75.3 cm³/mol. The fraction of sp³-hybridized carbons (Fsp3) is 0.800. The Balaban J connectivity index is 1.58. The zero-order valence-electron chi connectivity index (χ0n) is 12.1. The molecule has 19 heavy (non-hydrogen) atoms. The van der Waals surface area contributed by atoms with Gasteiger partial charge in [-0.25, -0.2) is 0 Å². The first kappa shape index (κ1) is 13.1. The molecule has 106 valence electrons. The maximum Gasteiger partial charge on any atom is 0.0700 e. The zero-order chi connectivity index (χ0) is 13.2. The number of aromatic nitrogens is 2. The minimum Gasteiger partial charge on any atom is -0.377 e. The molecule has 1 aromatic rings. The number of hydrogen-bond acceptors (Lipinski definition) is 3. The van der Waals surface area contributed by atoms with Crippen LogP contribution in [0.25, 0.3) is 0 Å². The van der Waals surface area contributed by atoms with Gasteiger partial charge in [-0.15, -0.1) is 0 Å². The Kier molecular flexibility index (Phi) is 3.89. The highest BCUT2D eigenvalue weighted by molar-refractivity contribution is 5.19. The number of nitrogens with zero attached hydrogens (tertiary/aromatic N) is 2. The van der Waals surface area contributed by atoms with Crippen molar-refractivity contribution in [1.82, 2.24) is 15.1 Å². The van der Waals surface area contributed by atoms with Crippen LogP contribution < -0.4 is 5.32 Å². The molecule has 2 aliphatic rings. The minimum absolute atomic E-state index is 0.415. The summed E-state index contributed by atoms with van der Waals surface area (Å²) in [7, 11) is 0. The molecule has 1 saturated heterocycles. The first-order valence-corrected chi connectivity index (χ1v) is 7.64. The van der Waals surface area contributed by atoms with Gasteiger partial charge in [0.1, 0.15) is 0 Å². The Labute approximate surface area is 115 Å². The van der Waals surface area contributed by atoms with Crippen molar-refractivity contribution in [3.63, 3.8) is 0 Å². The van der Waals surface area contributed by atoms with Gasteiger partial charge in [-0.1, -0.05) is 0 Å². The van der Waals surface area contributed by atoms with Crippen molar-refractivity contribution >= 4 is 0 Å². The molecule has 3 rings (SSSR count). The third kappa shape index (κ3) is 3.18. The Morgan fingerprint density at radius 3 is 2.89 bits per heavy atom. The number of rotatable bonds is 6. The predicted octanol–water partition coefficient (Wildman–Crippen LogP) is 2.61. The van der Waals surface area contributed by atoms with Crippen LogP contribution in [-0.2, 0) is 11.3 Å². The van der Waals surface area contributed by atoms with Crippen LogP contribution in [0, 0.1) is 0 Å². The summed E-state index contributed by atoms with van der Waals surface area (Å²) in [6, 6.07) is 2.73. The van der Waals surface area contributed by atoms with Gasteiger partial charge in [0.25, 0.3) is 0 Å². The van der Waals surface area contributed by atoms with Gasteiger partial charge in [-0.3, -0.25) is 4.68 Å². The molecule has 2 heterocycles. The summed E-state index contributed by atoms with van der Waals surface area (Å²) >= 11 is 0. The summed E-state index contributed by atoms with van der Waals surface area (Å²) in [6.45, 7) is 7.20. The molecular formula is C15H25N3O. The summed E-state index contributed by atoms with van der Waals surface area (Å²) in [5.41, 5.74) is 2.61. The number of nitrogens with one attached hydrogen (secondary N) is 1. The molecule has 1 saturated carbocycles. The van der Waals surface area contributed by atoms with Gasteiger partial charge in [0.2, 0.25) is 0 Å². The third-order valence-electron chi connectivity index (χ3n) is 4.02. The molecular weight excluding hydrogens is 238 g/mol. The van der Waals surface area contributed by atoms with E-state index in [-0.39, 0.29) is 0 Å². The van der Waals surface area contributed by atoms with Crippen molar-refractivity contribution in [2.45, 2.75) is 64.1 Å². The molecule has 0 radical (unpaired) electrons. The van der Waals surface area contributed by atoms with Crippen LogP contribution in [0.1, 0.15) is 62.9 Å². The Morgan fingerprint density at radius 2 is 2.26 bits per heavy atom. The maximum atomic E-state index is 5.64. The summed E-state index contributed by atoms with van der Waals surface area (Å²) in [6.07, 6.45) is 5.46. The molecule has 1 N–H and O–H groups in total. The fourth-order valence-corrected chi connectivity index (χ4v) is 2.78. The van der Waals surface area contributed by atoms with E-state index in [0.29, 0.717) is 12.1 Å². The van der Waals surface area contributed by atoms with E-state index in [2.05, 4.69) is 29.9 Å². The van der Waals surface area contributed by atoms with Crippen LogP contribution in [-0.4, -0.2) is 29.0 Å². The van der Waals surface area contributed by atoms with E-state index in [1.807, 2.05) is 0 Å². The second kappa shape index (κ2) is 5.63. The molecule has 1 aliphatic carbocycles. The van der Waals surface area contributed by atoms with E-state index >= 15 is 0 Å². The van der Waals surface area contributed by atoms with E-state index in [4.69, 9.17) is 9.84 Å². The van der Waals surface area contributed by atoms with Gasteiger partial charge >= 0.3 is 0 Å². The van der Waals surface area contributed by atoms with Gasteiger partial charge in [0.05, 0.1) is 17.5 Å². The van der Waals surface area contributed by atoms with Crippen LogP contribution >= 0.6 is 0 Å². The molecule has 0 amide bonds. The highest BCUT2D eigenvalue weighted by Gasteiger charge is 2.27. The number of hydrogen-bond donors (Lipinski definition) is 1. The average Bonchev–Trinajstić information content (AvgIpc) is 2.94. The van der Waals surface area contributed by atoms with Crippen molar-refractivity contribution in [3.8, 4) is 0 Å². The molecule has 1 aromatic heterocycles. The lowest BCUT2D eigenvalue weighted by atomic mass is 10.2. The van der Waals surface area contributed by atoms with Gasteiger partial charge < -0.3 is 10.1 Å². The smallest absolute Gasteiger partial charge is 0.0700 e. The van der Waals surface area contributed by atoms with Crippen LogP contribution in [0.15, 0.2) is 6.07 Å². The van der Waals surface area contributed by atoms with E-state index in [9.17, 15) is 0 Å². The van der Waals surface area contributed by atoms with E-state index in [0.717, 1.165) is 25.6 Å². The van der Waals surface area contributed by atoms with Gasteiger partial charge in [-0.05, 0) is 45.6 Å². The Morgan fingerprint density at radius 1 is 1.42 bits per heavy atom. The van der Waals surface area contributed by atoms with Gasteiger partial charge in [-0.2, -0.15) is 5.10 Å². The molecule has 0 unspecified atom stereocenters. The average molecular weight is 263 g/mol. The first-order chi connectivity index (χ1) is 9.24. The van der Waals surface area contributed by atoms with Crippen LogP contribution in [0.4, 0.5) is 0 Å². The lowest BCUT2D eigenvalue weighted by Crippen LogP contribution is -2.27. The summed E-state index contributed by atoms with van der Waals surface area (Å²) in [4.78, 5) is 0. The molecule has 4 nitrogen and oxygen atoms in total. The SMILES string of the molecule is CC(C)n1nc(C2CC2)cc1CNC[C@@H]1CCCO1. The molecule has 1 atom stereocenters. The lowest BCUT2D eigenvalue weighted by molar-refractivity contribution is 0.109. The van der Waals surface area contributed by atoms with Crippen molar-refractivity contribution in [2.75, 3.05) is 13.2 Å². The normalized spacial score (nSPS) is 23.4. The second-order valence-corrected chi connectivity index (χ2v) is 6.14. The van der Waals surface area contributed by atoms with E-state index in [1.54, 1.807) is 0 Å². The van der Waals surface area contributed by atoms with Crippen molar-refractivity contribution in [2.24, 2.45) is 0 Å². The quantitative estimate of drug-likeness (QED) is 0.857. The lowest BCUT2D eigenvalue weighted by Gasteiger charge is -2.13. The molecule has 0 aromatic carbocycles. The fourth-order valence-electron chi connectivity index (χ4n) is 2.78. The summed E-state index contributed by atoms with van der Waals surface area (Å²) in [5.74, 6) is 0.733. The molecule has 2 fully saturated rings. The van der Waals surface area contributed by atoms with Crippen molar-refractivity contribution < 1.29 is 4.74 Å². The van der Waals surface area contributed by atoms with Gasteiger partial charge in [0.15, 0.2) is 0 Å². The van der Waals surface area contributed by atoms with Gasteiger partial charge in [0, 0.05) is 31.7 Å². The standard InChI is InChI=1S/C15H25N3O/c1-11(2)18-13(8-15(17-18)12-5-6-12)9-16-10-14-4-3-7-19-14/h8,11-12,14,16H,3-7,9-10H2,1-2H3/t14-/m0/s1. The maximum absolute atomic E-state index is 5.64. The van der Waals surface area contributed by atoms with Crippen molar-refractivity contribution in [3.05, 3.63) is 17.5 Å². The minimum atomic E-state index is 0.415. The van der Waals surface area contributed by atoms with E-state index < -0.39 is 0 Å². The summed E-state index contributed by atoms with van der Waals surface area (Å²) < 4.78 is 7.81. The largest absolute Gasteiger partial charge is 0.377 e. The summed E-state index contributed by atoms with van der Waals surface area (Å²) in [5, 5.41) is 8.29. The van der Waals surface area contributed by atoms with Crippen LogP contribution in [0.5, 0.6) is 0 Å². The molecule has 1 aliphatic heterocycles. The van der Waals surface area contributed by atoms with Crippen molar-refractivity contribution in [1.29, 1.82) is 0 Å². The Hall–Kier alpha value is -0.870. The third-order valence-corrected chi connectivity index (χ3v) is 4.02. The first-order valence-electron chi connectivity index (χ1n) is 7.64. The monoisotopic (exact) mass is 263 g/mol. The van der Waals surface area contributed by atoms with E-state index in [1.165, 1.54) is 37.1 Å². The molecule has 0 bridgehead atoms. The van der Waals surface area contributed by atoms with Crippen LogP contribution in [0.3, 0.4) is 0 Å². The Bertz CT molecular complexity index is 417. The molecule has 4 heteroatoms. The topological polar surface area (TPSA) is 39.1 Å². The highest BCUT2D eigenvalue weighted by Crippen LogP contribution is 2.39. The number of ether oxygens (including phenoxy) is 1. The second-order valence-electron chi connectivity index (χ2n) is 6.14.